The second-order valence-corrected chi connectivity index (χ2v) is 9.29. The van der Waals surface area contributed by atoms with E-state index in [2.05, 4.69) is 16.0 Å². The summed E-state index contributed by atoms with van der Waals surface area (Å²) in [5, 5.41) is 8.76. The van der Waals surface area contributed by atoms with E-state index in [0.29, 0.717) is 42.2 Å². The Bertz CT molecular complexity index is 1070. The molecule has 2 aromatic rings. The van der Waals surface area contributed by atoms with Crippen LogP contribution in [0.1, 0.15) is 51.4 Å². The lowest BCUT2D eigenvalue weighted by atomic mass is 9.81. The minimum atomic E-state index is -1.15. The highest BCUT2D eigenvalue weighted by atomic mass is 35.5. The molecule has 0 spiro atoms. The maximum absolute atomic E-state index is 14.9. The molecule has 0 aromatic heterocycles. The minimum Gasteiger partial charge on any atom is -0.323 e. The Labute approximate surface area is 203 Å². The number of rotatable bonds is 5. The van der Waals surface area contributed by atoms with Crippen molar-refractivity contribution in [2.75, 3.05) is 22.1 Å². The molecule has 1 saturated heterocycles. The highest BCUT2D eigenvalue weighted by Crippen LogP contribution is 2.31. The van der Waals surface area contributed by atoms with Gasteiger partial charge in [0.25, 0.3) is 0 Å². The van der Waals surface area contributed by atoms with Crippen LogP contribution in [0.15, 0.2) is 42.5 Å². The first-order valence-electron chi connectivity index (χ1n) is 11.6. The molecule has 4 amide bonds. The van der Waals surface area contributed by atoms with Gasteiger partial charge in [-0.3, -0.25) is 9.59 Å². The summed E-state index contributed by atoms with van der Waals surface area (Å²) in [6, 6.07) is 10.5. The molecule has 1 saturated carbocycles. The fourth-order valence-electron chi connectivity index (χ4n) is 4.57. The molecule has 3 N–H and O–H groups in total. The van der Waals surface area contributed by atoms with Gasteiger partial charge in [-0.2, -0.15) is 0 Å². The van der Waals surface area contributed by atoms with Crippen molar-refractivity contribution >= 4 is 46.5 Å². The van der Waals surface area contributed by atoms with Crippen molar-refractivity contribution in [2.45, 2.75) is 56.9 Å². The number of nitrogens with one attached hydrogen (secondary N) is 3. The predicted octanol–water partition coefficient (Wildman–Crippen LogP) is 5.46. The SMILES string of the molecule is O=C(Nc1ccc(Cl)cc1)NC1(C(=O)Nc2ccc(N3CCCCC3=O)cc2F)CCCCC1. The molecule has 4 rings (SSSR count). The molecule has 9 heteroatoms. The molecular formula is C25H28ClFN4O3. The van der Waals surface area contributed by atoms with E-state index >= 15 is 0 Å². The van der Waals surface area contributed by atoms with Gasteiger partial charge in [0.15, 0.2) is 0 Å². The Morgan fingerprint density at radius 3 is 2.35 bits per heavy atom. The standard InChI is InChI=1S/C25H28ClFN4O3/c26-17-7-9-18(10-8-17)28-24(34)30-25(13-3-1-4-14-25)23(33)29-21-12-11-19(16-20(21)27)31-15-5-2-6-22(31)32/h7-12,16H,1-6,13-15H2,(H,29,33)(H2,28,30,34). The molecule has 1 aliphatic carbocycles. The van der Waals surface area contributed by atoms with Crippen molar-refractivity contribution in [2.24, 2.45) is 0 Å². The monoisotopic (exact) mass is 486 g/mol. The van der Waals surface area contributed by atoms with Gasteiger partial charge >= 0.3 is 6.03 Å². The van der Waals surface area contributed by atoms with Crippen LogP contribution >= 0.6 is 11.6 Å². The molecule has 0 unspecified atom stereocenters. The van der Waals surface area contributed by atoms with Crippen LogP contribution in [0.25, 0.3) is 0 Å². The average molecular weight is 487 g/mol. The van der Waals surface area contributed by atoms with Crippen LogP contribution in [0.4, 0.5) is 26.2 Å². The third kappa shape index (κ3) is 5.50. The van der Waals surface area contributed by atoms with E-state index in [4.69, 9.17) is 11.6 Å². The van der Waals surface area contributed by atoms with Gasteiger partial charge in [0.05, 0.1) is 5.69 Å². The first kappa shape index (κ1) is 24.0. The van der Waals surface area contributed by atoms with Gasteiger partial charge in [-0.15, -0.1) is 0 Å². The molecular weight excluding hydrogens is 459 g/mol. The van der Waals surface area contributed by atoms with E-state index in [0.717, 1.165) is 32.1 Å². The van der Waals surface area contributed by atoms with E-state index in [1.54, 1.807) is 35.2 Å². The first-order valence-corrected chi connectivity index (χ1v) is 12.0. The number of carbonyl (C=O) groups excluding carboxylic acids is 3. The molecule has 180 valence electrons. The maximum atomic E-state index is 14.9. The molecule has 1 heterocycles. The minimum absolute atomic E-state index is 0.0167. The number of halogens is 2. The van der Waals surface area contributed by atoms with E-state index in [1.165, 1.54) is 12.1 Å². The Morgan fingerprint density at radius 1 is 0.941 bits per heavy atom. The Morgan fingerprint density at radius 2 is 1.68 bits per heavy atom. The van der Waals surface area contributed by atoms with Gasteiger partial charge in [-0.05, 0) is 68.1 Å². The zero-order valence-corrected chi connectivity index (χ0v) is 19.6. The molecule has 0 atom stereocenters. The van der Waals surface area contributed by atoms with E-state index in [-0.39, 0.29) is 11.6 Å². The summed E-state index contributed by atoms with van der Waals surface area (Å²) in [6.45, 7) is 0.555. The molecule has 0 bridgehead atoms. The smallest absolute Gasteiger partial charge is 0.320 e. The summed E-state index contributed by atoms with van der Waals surface area (Å²) in [5.74, 6) is -1.11. The number of piperidine rings is 1. The van der Waals surface area contributed by atoms with Gasteiger partial charge < -0.3 is 20.9 Å². The number of urea groups is 1. The van der Waals surface area contributed by atoms with Crippen LogP contribution < -0.4 is 20.9 Å². The number of hydrogen-bond donors (Lipinski definition) is 3. The van der Waals surface area contributed by atoms with Crippen LogP contribution in [0, 0.1) is 5.82 Å². The van der Waals surface area contributed by atoms with Crippen molar-refractivity contribution in [3.63, 3.8) is 0 Å². The van der Waals surface area contributed by atoms with E-state index in [9.17, 15) is 18.8 Å². The van der Waals surface area contributed by atoms with E-state index < -0.39 is 23.3 Å². The molecule has 7 nitrogen and oxygen atoms in total. The summed E-state index contributed by atoms with van der Waals surface area (Å²) < 4.78 is 14.9. The summed E-state index contributed by atoms with van der Waals surface area (Å²) >= 11 is 5.89. The highest BCUT2D eigenvalue weighted by molar-refractivity contribution is 6.30. The fraction of sp³-hybridized carbons (Fsp3) is 0.400. The number of carbonyl (C=O) groups is 3. The third-order valence-corrected chi connectivity index (χ3v) is 6.68. The number of nitrogens with zero attached hydrogens (tertiary/aromatic N) is 1. The number of anilines is 3. The number of hydrogen-bond acceptors (Lipinski definition) is 3. The van der Waals surface area contributed by atoms with Crippen molar-refractivity contribution in [1.82, 2.24) is 5.32 Å². The largest absolute Gasteiger partial charge is 0.323 e. The number of amides is 4. The van der Waals surface area contributed by atoms with Crippen LogP contribution in [0.5, 0.6) is 0 Å². The van der Waals surface area contributed by atoms with Crippen LogP contribution in [0.3, 0.4) is 0 Å². The van der Waals surface area contributed by atoms with Crippen molar-refractivity contribution in [1.29, 1.82) is 0 Å². The Balaban J connectivity index is 1.47. The van der Waals surface area contributed by atoms with E-state index in [1.807, 2.05) is 0 Å². The second-order valence-electron chi connectivity index (χ2n) is 8.85. The van der Waals surface area contributed by atoms with Gasteiger partial charge in [-0.25, -0.2) is 9.18 Å². The van der Waals surface area contributed by atoms with Gasteiger partial charge in [0, 0.05) is 29.4 Å². The summed E-state index contributed by atoms with van der Waals surface area (Å²) in [6.07, 6.45) is 5.57. The molecule has 1 aliphatic heterocycles. The molecule has 2 aromatic carbocycles. The lowest BCUT2D eigenvalue weighted by Crippen LogP contribution is -2.58. The highest BCUT2D eigenvalue weighted by Gasteiger charge is 2.41. The van der Waals surface area contributed by atoms with Crippen LogP contribution in [-0.2, 0) is 9.59 Å². The third-order valence-electron chi connectivity index (χ3n) is 6.43. The molecule has 2 aliphatic rings. The topological polar surface area (TPSA) is 90.5 Å². The van der Waals surface area contributed by atoms with Crippen LogP contribution in [-0.4, -0.2) is 29.9 Å². The van der Waals surface area contributed by atoms with Crippen molar-refractivity contribution in [3.8, 4) is 0 Å². The van der Waals surface area contributed by atoms with Crippen LogP contribution in [0.2, 0.25) is 5.02 Å². The summed E-state index contributed by atoms with van der Waals surface area (Å²) in [7, 11) is 0. The average Bonchev–Trinajstić information content (AvgIpc) is 2.82. The quantitative estimate of drug-likeness (QED) is 0.524. The summed E-state index contributed by atoms with van der Waals surface area (Å²) in [5.41, 5.74) is -0.110. The maximum Gasteiger partial charge on any atom is 0.320 e. The second kappa shape index (κ2) is 10.4. The lowest BCUT2D eigenvalue weighted by Gasteiger charge is -2.36. The Hall–Kier alpha value is -3.13. The zero-order chi connectivity index (χ0) is 24.1. The Kier molecular flexibility index (Phi) is 7.36. The molecule has 34 heavy (non-hydrogen) atoms. The van der Waals surface area contributed by atoms with Gasteiger partial charge in [0.1, 0.15) is 11.4 Å². The van der Waals surface area contributed by atoms with Gasteiger partial charge in [-0.1, -0.05) is 30.9 Å². The zero-order valence-electron chi connectivity index (χ0n) is 18.8. The van der Waals surface area contributed by atoms with Crippen molar-refractivity contribution in [3.05, 3.63) is 53.3 Å². The van der Waals surface area contributed by atoms with Crippen molar-refractivity contribution < 1.29 is 18.8 Å². The fourth-order valence-corrected chi connectivity index (χ4v) is 4.70. The molecule has 2 fully saturated rings. The normalized spacial score (nSPS) is 17.7. The van der Waals surface area contributed by atoms with Gasteiger partial charge in [0.2, 0.25) is 11.8 Å². The number of benzene rings is 2. The molecule has 0 radical (unpaired) electrons. The lowest BCUT2D eigenvalue weighted by molar-refractivity contribution is -0.123. The summed E-state index contributed by atoms with van der Waals surface area (Å²) in [4.78, 5) is 39.7. The predicted molar refractivity (Wildman–Crippen MR) is 131 cm³/mol. The first-order chi connectivity index (χ1) is 16.4.